The second-order valence-corrected chi connectivity index (χ2v) is 2.83. The fourth-order valence-electron chi connectivity index (χ4n) is 0.632. The summed E-state index contributed by atoms with van der Waals surface area (Å²) < 4.78 is 24.0. The fourth-order valence-corrected chi connectivity index (χ4v) is 0.632. The third kappa shape index (κ3) is 17.6. The lowest BCUT2D eigenvalue weighted by molar-refractivity contribution is -1.63. The molecule has 0 aliphatic heterocycles. The van der Waals surface area contributed by atoms with E-state index >= 15 is 0 Å². The molecule has 0 bridgehead atoms. The molecule has 0 aliphatic rings. The number of halogens is 1. The topological polar surface area (TPSA) is 156 Å². The number of hydrogen-bond acceptors (Lipinski definition) is 6. The number of unbranched alkanes of at least 4 members (excludes halogenated alkanes) is 1. The molecule has 0 aliphatic carbocycles. The zero-order valence-electron chi connectivity index (χ0n) is 7.56. The van der Waals surface area contributed by atoms with Gasteiger partial charge in [-0.15, -0.1) is 0 Å². The number of hydrogen-bond donors (Lipinski definition) is 4. The highest BCUT2D eigenvalue weighted by Crippen LogP contribution is 1.96. The maximum Gasteiger partial charge on any atom is 0.320 e. The van der Waals surface area contributed by atoms with Crippen molar-refractivity contribution >= 4 is 5.97 Å². The van der Waals surface area contributed by atoms with Crippen molar-refractivity contribution in [3.8, 4) is 0 Å². The quantitative estimate of drug-likeness (QED) is 0.359. The van der Waals surface area contributed by atoms with Crippen LogP contribution < -0.4 is 20.8 Å². The van der Waals surface area contributed by atoms with Crippen LogP contribution in [0.25, 0.3) is 0 Å². The van der Waals surface area contributed by atoms with E-state index in [4.69, 9.17) is 30.6 Å². The number of rotatable bonds is 5. The predicted octanol–water partition coefficient (Wildman–Crippen LogP) is -3.41. The van der Waals surface area contributed by atoms with E-state index in [1.165, 1.54) is 0 Å². The Labute approximate surface area is 84.7 Å². The summed E-state index contributed by atoms with van der Waals surface area (Å²) in [6.07, 6.45) is 2.16. The minimum Gasteiger partial charge on any atom is -0.480 e. The van der Waals surface area contributed by atoms with E-state index in [9.17, 15) is 4.79 Å². The molecule has 0 saturated heterocycles. The van der Waals surface area contributed by atoms with Gasteiger partial charge in [-0.1, -0.05) is 6.42 Å². The number of carboxylic acid groups (broad SMARTS) is 1. The number of carboxylic acids is 1. The van der Waals surface area contributed by atoms with Crippen molar-refractivity contribution in [2.24, 2.45) is 11.5 Å². The molecule has 0 amide bonds. The highest BCUT2D eigenvalue weighted by Gasteiger charge is 2.09. The van der Waals surface area contributed by atoms with Crippen LogP contribution in [0, 0.1) is 10.8 Å². The van der Waals surface area contributed by atoms with Crippen LogP contribution in [0.3, 0.4) is 0 Å². The summed E-state index contributed by atoms with van der Waals surface area (Å²) in [6, 6.07) is -0.716. The molecule has 0 fully saturated rings. The first-order chi connectivity index (χ1) is 6.41. The highest BCUT2D eigenvalue weighted by molar-refractivity contribution is 5.72. The van der Waals surface area contributed by atoms with Crippen molar-refractivity contribution in [3.05, 3.63) is 0 Å². The number of carbonyl (C=O) groups is 1. The molecule has 0 aromatic carbocycles. The molecule has 6 N–H and O–H groups in total. The molecule has 0 spiro atoms. The van der Waals surface area contributed by atoms with Gasteiger partial charge in [0, 0.05) is 4.66 Å². The average molecular weight is 231 g/mol. The van der Waals surface area contributed by atoms with Gasteiger partial charge in [0.15, 0.2) is 0 Å². The van der Waals surface area contributed by atoms with Gasteiger partial charge < -0.3 is 25.9 Å². The summed E-state index contributed by atoms with van der Waals surface area (Å²) in [7, 11) is -2.60. The van der Waals surface area contributed by atoms with E-state index in [1.807, 2.05) is 0 Å². The van der Waals surface area contributed by atoms with Crippen molar-refractivity contribution in [2.45, 2.75) is 25.3 Å². The Kier molecular flexibility index (Phi) is 12.2. The van der Waals surface area contributed by atoms with Gasteiger partial charge in [0.05, 0.1) is 0 Å². The molecule has 1 atom stereocenters. The molecule has 0 unspecified atom stereocenters. The van der Waals surface area contributed by atoms with E-state index in [2.05, 4.69) is 0 Å². The van der Waals surface area contributed by atoms with Gasteiger partial charge >= 0.3 is 5.97 Å². The normalized spacial score (nSPS) is 11.9. The van der Waals surface area contributed by atoms with Crippen LogP contribution in [-0.4, -0.2) is 28.3 Å². The lowest BCUT2D eigenvalue weighted by Gasteiger charge is -2.03. The van der Waals surface area contributed by atoms with Gasteiger partial charge in [-0.2, -0.15) is 0 Å². The molecule has 0 radical (unpaired) electrons. The van der Waals surface area contributed by atoms with E-state index in [0.29, 0.717) is 13.0 Å². The molecular formula is C6H15ClN2O5. The van der Waals surface area contributed by atoms with Crippen LogP contribution in [-0.2, 0) is 4.79 Å². The molecule has 86 valence electrons. The van der Waals surface area contributed by atoms with Crippen LogP contribution in [0.15, 0.2) is 0 Å². The Morgan fingerprint density at radius 3 is 2.14 bits per heavy atom. The van der Waals surface area contributed by atoms with E-state index < -0.39 is 22.8 Å². The van der Waals surface area contributed by atoms with Crippen molar-refractivity contribution < 1.29 is 34.7 Å². The summed E-state index contributed by atoms with van der Waals surface area (Å²) in [5.74, 6) is -0.933. The van der Waals surface area contributed by atoms with E-state index in [0.717, 1.165) is 12.8 Å². The van der Waals surface area contributed by atoms with E-state index in [1.54, 1.807) is 0 Å². The van der Waals surface area contributed by atoms with E-state index in [-0.39, 0.29) is 0 Å². The maximum atomic E-state index is 10.1. The second kappa shape index (κ2) is 10.6. The molecule has 14 heavy (non-hydrogen) atoms. The van der Waals surface area contributed by atoms with Crippen LogP contribution >= 0.6 is 0 Å². The molecule has 7 nitrogen and oxygen atoms in total. The predicted molar refractivity (Wildman–Crippen MR) is 40.7 cm³/mol. The van der Waals surface area contributed by atoms with Crippen LogP contribution in [0.4, 0.5) is 0 Å². The zero-order valence-corrected chi connectivity index (χ0v) is 8.31. The monoisotopic (exact) mass is 230 g/mol. The molecule has 0 aromatic heterocycles. The van der Waals surface area contributed by atoms with Gasteiger partial charge in [-0.25, -0.2) is 0 Å². The fraction of sp³-hybridized carbons (Fsp3) is 0.833. The minimum absolute atomic E-state index is 0.520. The van der Waals surface area contributed by atoms with Crippen molar-refractivity contribution in [3.63, 3.8) is 0 Å². The summed E-state index contributed by atoms with van der Waals surface area (Å²) >= 11 is 0. The Bertz CT molecular complexity index is 143. The van der Waals surface area contributed by atoms with Crippen LogP contribution in [0.2, 0.25) is 0 Å². The number of nitrogens with two attached hydrogens (primary N) is 2. The van der Waals surface area contributed by atoms with Gasteiger partial charge in [-0.3, -0.25) is 4.79 Å². The smallest absolute Gasteiger partial charge is 0.320 e. The zero-order chi connectivity index (χ0) is 11.6. The molecule has 8 heteroatoms. The molecule has 0 aromatic rings. The Hall–Kier alpha value is -0.440. The van der Waals surface area contributed by atoms with Gasteiger partial charge in [-0.05, 0) is 19.4 Å². The first kappa shape index (κ1) is 16.0. The first-order valence-electron chi connectivity index (χ1n) is 3.84. The Balaban J connectivity index is 0. The Morgan fingerprint density at radius 1 is 1.43 bits per heavy atom. The molecule has 0 saturated carbocycles. The van der Waals surface area contributed by atoms with Gasteiger partial charge in [0.1, 0.15) is 6.04 Å². The molecular weight excluding hydrogens is 216 g/mol. The van der Waals surface area contributed by atoms with Crippen molar-refractivity contribution in [1.82, 2.24) is 0 Å². The molecule has 0 heterocycles. The second-order valence-electron chi connectivity index (χ2n) is 2.43. The molecule has 0 rings (SSSR count). The highest BCUT2D eigenvalue weighted by atomic mass is 35.6. The lowest BCUT2D eigenvalue weighted by atomic mass is 10.1. The van der Waals surface area contributed by atoms with Crippen molar-refractivity contribution in [2.75, 3.05) is 6.54 Å². The van der Waals surface area contributed by atoms with Gasteiger partial charge in [0.25, 0.3) is 10.8 Å². The number of aliphatic carboxylic acids is 1. The van der Waals surface area contributed by atoms with Crippen molar-refractivity contribution in [1.29, 1.82) is 0 Å². The SMILES string of the molecule is NCCCC[C@H](N)C(=O)O.[O-][Cl+2]([O-])O. The van der Waals surface area contributed by atoms with Crippen LogP contribution in [0.1, 0.15) is 19.3 Å². The van der Waals surface area contributed by atoms with Gasteiger partial charge in [0.2, 0.25) is 0 Å². The minimum atomic E-state index is -2.60. The third-order valence-corrected chi connectivity index (χ3v) is 1.29. The Morgan fingerprint density at radius 2 is 1.86 bits per heavy atom. The summed E-state index contributed by atoms with van der Waals surface area (Å²) in [5, 5.41) is 8.33. The standard InChI is InChI=1S/C6H14N2O2.ClHO3/c7-4-2-1-3-5(8)6(9)10;2-1(3)4/h5H,1-4,7-8H2,(H,9,10);2H/t5-;/m0./s1. The largest absolute Gasteiger partial charge is 0.480 e. The average Bonchev–Trinajstić information content (AvgIpc) is 2.03. The summed E-state index contributed by atoms with van der Waals surface area (Å²) in [6.45, 7) is 0.604. The first-order valence-corrected chi connectivity index (χ1v) is 4.80. The lowest BCUT2D eigenvalue weighted by Crippen LogP contribution is -2.30. The third-order valence-electron chi connectivity index (χ3n) is 1.29. The summed E-state index contributed by atoms with van der Waals surface area (Å²) in [5.41, 5.74) is 10.4. The maximum absolute atomic E-state index is 10.1. The summed E-state index contributed by atoms with van der Waals surface area (Å²) in [4.78, 5) is 10.1. The van der Waals surface area contributed by atoms with Crippen LogP contribution in [0.5, 0.6) is 0 Å².